The van der Waals surface area contributed by atoms with E-state index in [0.717, 1.165) is 13.0 Å². The first-order valence-corrected chi connectivity index (χ1v) is 6.67. The van der Waals surface area contributed by atoms with Crippen molar-refractivity contribution < 1.29 is 9.84 Å². The smallest absolute Gasteiger partial charge is 0.213 e. The molecule has 0 aliphatic carbocycles. The molecule has 1 saturated heterocycles. The minimum Gasteiger partial charge on any atom is -0.476 e. The Balaban J connectivity index is 1.93. The van der Waals surface area contributed by atoms with Crippen molar-refractivity contribution in [1.29, 1.82) is 0 Å². The summed E-state index contributed by atoms with van der Waals surface area (Å²) in [5.41, 5.74) is 0.652. The number of aromatic nitrogens is 1. The summed E-state index contributed by atoms with van der Waals surface area (Å²) in [7, 11) is 2.13. The summed E-state index contributed by atoms with van der Waals surface area (Å²) in [5.74, 6) is 0.530. The number of nitrogens with zero attached hydrogens (tertiary/aromatic N) is 2. The lowest BCUT2D eigenvalue weighted by Crippen LogP contribution is -2.40. The normalized spacial score (nSPS) is 20.9. The van der Waals surface area contributed by atoms with Crippen molar-refractivity contribution >= 4 is 11.6 Å². The third-order valence-corrected chi connectivity index (χ3v) is 3.77. The van der Waals surface area contributed by atoms with Crippen LogP contribution in [0.4, 0.5) is 0 Å². The highest BCUT2D eigenvalue weighted by molar-refractivity contribution is 6.31. The fraction of sp³-hybridized carbons (Fsp3) is 0.615. The van der Waals surface area contributed by atoms with Crippen LogP contribution < -0.4 is 4.74 Å². The van der Waals surface area contributed by atoms with Crippen molar-refractivity contribution in [3.8, 4) is 5.88 Å². The summed E-state index contributed by atoms with van der Waals surface area (Å²) in [6.45, 7) is 1.67. The summed E-state index contributed by atoms with van der Waals surface area (Å²) in [5, 5.41) is 9.60. The van der Waals surface area contributed by atoms with Crippen molar-refractivity contribution in [3.05, 3.63) is 22.8 Å². The Kier molecular flexibility index (Phi) is 4.80. The molecule has 0 amide bonds. The van der Waals surface area contributed by atoms with Gasteiger partial charge in [0.2, 0.25) is 5.88 Å². The van der Waals surface area contributed by atoms with Gasteiger partial charge in [-0.1, -0.05) is 18.0 Å². The van der Waals surface area contributed by atoms with E-state index in [0.29, 0.717) is 29.1 Å². The lowest BCUT2D eigenvalue weighted by Gasteiger charge is -2.31. The van der Waals surface area contributed by atoms with E-state index in [1.54, 1.807) is 6.07 Å². The Hall–Kier alpha value is -0.840. The molecule has 0 spiro atoms. The van der Waals surface area contributed by atoms with E-state index in [-0.39, 0.29) is 6.61 Å². The second kappa shape index (κ2) is 6.36. The van der Waals surface area contributed by atoms with Crippen LogP contribution in [-0.2, 0) is 6.61 Å². The van der Waals surface area contributed by atoms with Crippen LogP contribution in [0.1, 0.15) is 24.8 Å². The molecule has 4 nitrogen and oxygen atoms in total. The third kappa shape index (κ3) is 3.34. The Morgan fingerprint density at radius 2 is 2.39 bits per heavy atom. The van der Waals surface area contributed by atoms with Gasteiger partial charge in [-0.25, -0.2) is 4.98 Å². The number of ether oxygens (including phenoxy) is 1. The number of likely N-dealkylation sites (tertiary alicyclic amines) is 1. The van der Waals surface area contributed by atoms with Crippen LogP contribution in [0, 0.1) is 0 Å². The van der Waals surface area contributed by atoms with E-state index in [2.05, 4.69) is 16.9 Å². The minimum absolute atomic E-state index is 0.0962. The maximum Gasteiger partial charge on any atom is 0.213 e. The van der Waals surface area contributed by atoms with Crippen LogP contribution >= 0.6 is 11.6 Å². The Morgan fingerprint density at radius 3 is 3.11 bits per heavy atom. The molecule has 1 aliphatic heterocycles. The fourth-order valence-electron chi connectivity index (χ4n) is 2.19. The van der Waals surface area contributed by atoms with Crippen LogP contribution in [0.25, 0.3) is 0 Å². The summed E-state index contributed by atoms with van der Waals surface area (Å²) < 4.78 is 5.69. The zero-order valence-corrected chi connectivity index (χ0v) is 11.4. The first kappa shape index (κ1) is 13.6. The average Bonchev–Trinajstić information content (AvgIpc) is 2.39. The summed E-state index contributed by atoms with van der Waals surface area (Å²) in [6.07, 6.45) is 5.21. The van der Waals surface area contributed by atoms with Gasteiger partial charge >= 0.3 is 0 Å². The molecule has 1 unspecified atom stereocenters. The van der Waals surface area contributed by atoms with E-state index < -0.39 is 0 Å². The Bertz CT molecular complexity index is 401. The number of halogens is 1. The maximum atomic E-state index is 9.13. The summed E-state index contributed by atoms with van der Waals surface area (Å²) >= 11 is 5.88. The molecule has 1 atom stereocenters. The van der Waals surface area contributed by atoms with Crippen molar-refractivity contribution in [2.45, 2.75) is 31.9 Å². The number of hydrogen-bond donors (Lipinski definition) is 1. The van der Waals surface area contributed by atoms with Crippen LogP contribution in [0.15, 0.2) is 12.3 Å². The standard InChI is InChI=1S/C13H19ClN2O2/c1-16-5-3-2-4-11(16)9-18-13-6-10(8-17)12(14)7-15-13/h6-7,11,17H,2-5,8-9H2,1H3. The van der Waals surface area contributed by atoms with Crippen LogP contribution in [0.2, 0.25) is 5.02 Å². The Labute approximate surface area is 113 Å². The van der Waals surface area contributed by atoms with E-state index in [1.165, 1.54) is 19.0 Å². The lowest BCUT2D eigenvalue weighted by atomic mass is 10.0. The second-order valence-electron chi connectivity index (χ2n) is 4.71. The number of pyridine rings is 1. The van der Waals surface area contributed by atoms with E-state index >= 15 is 0 Å². The molecule has 1 aromatic heterocycles. The van der Waals surface area contributed by atoms with Gasteiger partial charge in [0.05, 0.1) is 11.6 Å². The number of aliphatic hydroxyl groups excluding tert-OH is 1. The molecular weight excluding hydrogens is 252 g/mol. The average molecular weight is 271 g/mol. The number of likely N-dealkylation sites (N-methyl/N-ethyl adjacent to an activating group) is 1. The van der Waals surface area contributed by atoms with Gasteiger partial charge in [0.15, 0.2) is 0 Å². The summed E-state index contributed by atoms with van der Waals surface area (Å²) in [6, 6.07) is 2.15. The maximum absolute atomic E-state index is 9.13. The van der Waals surface area contributed by atoms with Gasteiger partial charge in [-0.05, 0) is 26.4 Å². The largest absolute Gasteiger partial charge is 0.476 e. The number of aliphatic hydroxyl groups is 1. The zero-order valence-electron chi connectivity index (χ0n) is 10.6. The molecule has 5 heteroatoms. The van der Waals surface area contributed by atoms with E-state index in [9.17, 15) is 0 Å². The van der Waals surface area contributed by atoms with E-state index in [1.807, 2.05) is 0 Å². The summed E-state index contributed by atoms with van der Waals surface area (Å²) in [4.78, 5) is 6.44. The predicted octanol–water partition coefficient (Wildman–Crippen LogP) is 2.09. The second-order valence-corrected chi connectivity index (χ2v) is 5.12. The van der Waals surface area contributed by atoms with Crippen molar-refractivity contribution in [2.24, 2.45) is 0 Å². The van der Waals surface area contributed by atoms with Crippen LogP contribution in [0.3, 0.4) is 0 Å². The number of piperidine rings is 1. The molecule has 0 aromatic carbocycles. The van der Waals surface area contributed by atoms with Gasteiger partial charge in [-0.2, -0.15) is 0 Å². The molecule has 0 saturated carbocycles. The van der Waals surface area contributed by atoms with Crippen molar-refractivity contribution in [1.82, 2.24) is 9.88 Å². The molecule has 1 aromatic rings. The first-order valence-electron chi connectivity index (χ1n) is 6.29. The quantitative estimate of drug-likeness (QED) is 0.910. The minimum atomic E-state index is -0.0962. The molecule has 2 heterocycles. The molecule has 2 rings (SSSR count). The van der Waals surface area contributed by atoms with Gasteiger partial charge < -0.3 is 14.7 Å². The molecule has 100 valence electrons. The van der Waals surface area contributed by atoms with Crippen LogP contribution in [0.5, 0.6) is 5.88 Å². The molecule has 0 bridgehead atoms. The monoisotopic (exact) mass is 270 g/mol. The number of hydrogen-bond acceptors (Lipinski definition) is 4. The Morgan fingerprint density at radius 1 is 1.56 bits per heavy atom. The molecule has 18 heavy (non-hydrogen) atoms. The fourth-order valence-corrected chi connectivity index (χ4v) is 2.36. The molecule has 1 N–H and O–H groups in total. The SMILES string of the molecule is CN1CCCCC1COc1cc(CO)c(Cl)cn1. The van der Waals surface area contributed by atoms with Gasteiger partial charge in [-0.15, -0.1) is 0 Å². The number of rotatable bonds is 4. The van der Waals surface area contributed by atoms with Gasteiger partial charge in [0, 0.05) is 23.9 Å². The molecule has 1 fully saturated rings. The highest BCUT2D eigenvalue weighted by Gasteiger charge is 2.19. The molecule has 0 radical (unpaired) electrons. The lowest BCUT2D eigenvalue weighted by molar-refractivity contribution is 0.122. The highest BCUT2D eigenvalue weighted by Crippen LogP contribution is 2.20. The topological polar surface area (TPSA) is 45.6 Å². The van der Waals surface area contributed by atoms with Crippen molar-refractivity contribution in [3.63, 3.8) is 0 Å². The van der Waals surface area contributed by atoms with Crippen molar-refractivity contribution in [2.75, 3.05) is 20.2 Å². The predicted molar refractivity (Wildman–Crippen MR) is 70.9 cm³/mol. The van der Waals surface area contributed by atoms with Gasteiger partial charge in [0.1, 0.15) is 6.61 Å². The molecular formula is C13H19ClN2O2. The highest BCUT2D eigenvalue weighted by atomic mass is 35.5. The van der Waals surface area contributed by atoms with Crippen LogP contribution in [-0.4, -0.2) is 41.2 Å². The third-order valence-electron chi connectivity index (χ3n) is 3.43. The molecule has 1 aliphatic rings. The van der Waals surface area contributed by atoms with Gasteiger partial charge in [-0.3, -0.25) is 0 Å². The van der Waals surface area contributed by atoms with Gasteiger partial charge in [0.25, 0.3) is 0 Å². The first-order chi connectivity index (χ1) is 8.70. The van der Waals surface area contributed by atoms with E-state index in [4.69, 9.17) is 21.4 Å². The zero-order chi connectivity index (χ0) is 13.0.